The average Bonchev–Trinajstić information content (AvgIpc) is 2.69. The Kier molecular flexibility index (Phi) is 5.84. The molecule has 2 aromatic carbocycles. The van der Waals surface area contributed by atoms with Crippen molar-refractivity contribution >= 4 is 29.7 Å². The van der Waals surface area contributed by atoms with Gasteiger partial charge in [0, 0.05) is 25.2 Å². The molecule has 0 amide bonds. The Hall–Kier alpha value is -1.07. The zero-order valence-electron chi connectivity index (χ0n) is 16.6. The van der Waals surface area contributed by atoms with E-state index in [0.717, 1.165) is 11.3 Å². The molecular formula is C24H34NP. The number of hydrogen-bond donors (Lipinski definition) is 0. The Morgan fingerprint density at radius 2 is 1.27 bits per heavy atom. The van der Waals surface area contributed by atoms with E-state index in [1.54, 1.807) is 10.7 Å². The largest absolute Gasteiger partial charge is 0.377 e. The number of rotatable bonds is 4. The van der Waals surface area contributed by atoms with Gasteiger partial charge in [0.2, 0.25) is 0 Å². The van der Waals surface area contributed by atoms with Gasteiger partial charge in [0.1, 0.15) is 0 Å². The lowest BCUT2D eigenvalue weighted by Gasteiger charge is -2.39. The summed E-state index contributed by atoms with van der Waals surface area (Å²) in [6.07, 6.45) is 14.7. The summed E-state index contributed by atoms with van der Waals surface area (Å²) in [5, 5.41) is 4.72. The highest BCUT2D eigenvalue weighted by Gasteiger charge is 2.33. The number of anilines is 1. The van der Waals surface area contributed by atoms with Crippen LogP contribution in [0.4, 0.5) is 5.69 Å². The molecule has 140 valence electrons. The second-order valence-corrected chi connectivity index (χ2v) is 11.3. The molecule has 2 fully saturated rings. The first kappa shape index (κ1) is 18.3. The highest BCUT2D eigenvalue weighted by molar-refractivity contribution is 7.67. The lowest BCUT2D eigenvalue weighted by molar-refractivity contribution is 0.487. The Bertz CT molecular complexity index is 703. The summed E-state index contributed by atoms with van der Waals surface area (Å²) in [5.74, 6) is 0. The molecule has 0 spiro atoms. The first-order chi connectivity index (χ1) is 12.8. The molecule has 0 radical (unpaired) electrons. The van der Waals surface area contributed by atoms with Gasteiger partial charge in [-0.25, -0.2) is 0 Å². The fraction of sp³-hybridized carbons (Fsp3) is 0.583. The summed E-state index contributed by atoms with van der Waals surface area (Å²) in [4.78, 5) is 2.32. The zero-order chi connectivity index (χ0) is 17.9. The smallest absolute Gasteiger partial charge is 0.0447 e. The van der Waals surface area contributed by atoms with Crippen LogP contribution in [0.15, 0.2) is 36.4 Å². The predicted octanol–water partition coefficient (Wildman–Crippen LogP) is 6.68. The zero-order valence-corrected chi connectivity index (χ0v) is 17.5. The molecule has 2 heteroatoms. The van der Waals surface area contributed by atoms with Gasteiger partial charge >= 0.3 is 0 Å². The maximum Gasteiger partial charge on any atom is 0.0447 e. The van der Waals surface area contributed by atoms with E-state index in [1.807, 2.05) is 0 Å². The van der Waals surface area contributed by atoms with Crippen LogP contribution in [0.3, 0.4) is 0 Å². The van der Waals surface area contributed by atoms with Crippen LogP contribution in [-0.2, 0) is 0 Å². The molecular weight excluding hydrogens is 333 g/mol. The third-order valence-electron chi connectivity index (χ3n) is 6.56. The number of fused-ring (bicyclic) bond motifs is 1. The molecule has 0 N–H and O–H groups in total. The second kappa shape index (κ2) is 8.30. The fourth-order valence-electron chi connectivity index (χ4n) is 5.30. The van der Waals surface area contributed by atoms with Gasteiger partial charge < -0.3 is 4.90 Å². The van der Waals surface area contributed by atoms with Gasteiger partial charge in [0.15, 0.2) is 0 Å². The first-order valence-corrected chi connectivity index (χ1v) is 12.2. The van der Waals surface area contributed by atoms with Crippen molar-refractivity contribution in [2.75, 3.05) is 19.0 Å². The van der Waals surface area contributed by atoms with Gasteiger partial charge in [-0.2, -0.15) is 0 Å². The first-order valence-electron chi connectivity index (χ1n) is 10.7. The molecule has 2 saturated carbocycles. The predicted molar refractivity (Wildman–Crippen MR) is 119 cm³/mol. The SMILES string of the molecule is CN(C)c1cccc2cccc(P(C3CCCCC3)C3CCCCC3)c12. The summed E-state index contributed by atoms with van der Waals surface area (Å²) >= 11 is 0. The van der Waals surface area contributed by atoms with Gasteiger partial charge in [0.25, 0.3) is 0 Å². The van der Waals surface area contributed by atoms with Crippen LogP contribution in [0.1, 0.15) is 64.2 Å². The molecule has 0 atom stereocenters. The van der Waals surface area contributed by atoms with Crippen molar-refractivity contribution in [2.24, 2.45) is 0 Å². The molecule has 0 unspecified atom stereocenters. The van der Waals surface area contributed by atoms with Crippen molar-refractivity contribution in [3.63, 3.8) is 0 Å². The normalized spacial score (nSPS) is 20.0. The number of benzene rings is 2. The van der Waals surface area contributed by atoms with Crippen LogP contribution in [0.2, 0.25) is 0 Å². The van der Waals surface area contributed by atoms with E-state index in [-0.39, 0.29) is 7.92 Å². The minimum Gasteiger partial charge on any atom is -0.377 e. The van der Waals surface area contributed by atoms with E-state index < -0.39 is 0 Å². The topological polar surface area (TPSA) is 3.24 Å². The maximum atomic E-state index is 2.50. The van der Waals surface area contributed by atoms with Gasteiger partial charge in [-0.3, -0.25) is 0 Å². The minimum absolute atomic E-state index is 0.0595. The van der Waals surface area contributed by atoms with E-state index in [0.29, 0.717) is 0 Å². The minimum atomic E-state index is -0.0595. The van der Waals surface area contributed by atoms with Crippen molar-refractivity contribution < 1.29 is 0 Å². The fourth-order valence-corrected chi connectivity index (χ4v) is 9.29. The van der Waals surface area contributed by atoms with E-state index in [1.165, 1.54) is 75.3 Å². The molecule has 0 aromatic heterocycles. The third-order valence-corrected chi connectivity index (χ3v) is 10.1. The molecule has 0 heterocycles. The van der Waals surface area contributed by atoms with Crippen LogP contribution in [-0.4, -0.2) is 25.4 Å². The monoisotopic (exact) mass is 367 g/mol. The summed E-state index contributed by atoms with van der Waals surface area (Å²) in [6.45, 7) is 0. The molecule has 1 nitrogen and oxygen atoms in total. The quantitative estimate of drug-likeness (QED) is 0.545. The second-order valence-electron chi connectivity index (χ2n) is 8.54. The summed E-state index contributed by atoms with van der Waals surface area (Å²) in [6, 6.07) is 14.0. The van der Waals surface area contributed by atoms with E-state index in [9.17, 15) is 0 Å². The molecule has 4 rings (SSSR count). The van der Waals surface area contributed by atoms with E-state index >= 15 is 0 Å². The molecule has 0 saturated heterocycles. The lowest BCUT2D eigenvalue weighted by atomic mass is 9.99. The van der Waals surface area contributed by atoms with Crippen molar-refractivity contribution in [2.45, 2.75) is 75.5 Å². The molecule has 2 aromatic rings. The molecule has 2 aliphatic carbocycles. The Morgan fingerprint density at radius 3 is 1.81 bits per heavy atom. The van der Waals surface area contributed by atoms with Gasteiger partial charge in [-0.15, -0.1) is 0 Å². The van der Waals surface area contributed by atoms with Crippen molar-refractivity contribution in [3.05, 3.63) is 36.4 Å². The summed E-state index contributed by atoms with van der Waals surface area (Å²) in [7, 11) is 4.35. The third kappa shape index (κ3) is 3.65. The Balaban J connectivity index is 1.84. The Labute approximate surface area is 160 Å². The average molecular weight is 368 g/mol. The van der Waals surface area contributed by atoms with Gasteiger partial charge in [-0.1, -0.05) is 76.8 Å². The van der Waals surface area contributed by atoms with Gasteiger partial charge in [0.05, 0.1) is 0 Å². The molecule has 2 aliphatic rings. The molecule has 0 bridgehead atoms. The van der Waals surface area contributed by atoms with E-state index in [2.05, 4.69) is 55.4 Å². The van der Waals surface area contributed by atoms with Crippen LogP contribution >= 0.6 is 7.92 Å². The van der Waals surface area contributed by atoms with Gasteiger partial charge in [-0.05, 0) is 53.8 Å². The highest BCUT2D eigenvalue weighted by Crippen LogP contribution is 2.56. The molecule has 26 heavy (non-hydrogen) atoms. The van der Waals surface area contributed by atoms with Crippen LogP contribution < -0.4 is 10.2 Å². The Morgan fingerprint density at radius 1 is 0.731 bits per heavy atom. The van der Waals surface area contributed by atoms with Crippen LogP contribution in [0.25, 0.3) is 10.8 Å². The van der Waals surface area contributed by atoms with Crippen LogP contribution in [0.5, 0.6) is 0 Å². The molecule has 0 aliphatic heterocycles. The standard InChI is InChI=1S/C24H34NP/c1-25(2)22-17-9-11-19-12-10-18-23(24(19)22)26(20-13-5-3-6-14-20)21-15-7-4-8-16-21/h9-12,17-18,20-21H,3-8,13-16H2,1-2H3. The highest BCUT2D eigenvalue weighted by atomic mass is 31.1. The summed E-state index contributed by atoms with van der Waals surface area (Å²) in [5.41, 5.74) is 3.34. The number of nitrogens with zero attached hydrogens (tertiary/aromatic N) is 1. The van der Waals surface area contributed by atoms with E-state index in [4.69, 9.17) is 0 Å². The van der Waals surface area contributed by atoms with Crippen molar-refractivity contribution in [3.8, 4) is 0 Å². The van der Waals surface area contributed by atoms with Crippen molar-refractivity contribution in [1.29, 1.82) is 0 Å². The van der Waals surface area contributed by atoms with Crippen LogP contribution in [0, 0.1) is 0 Å². The summed E-state index contributed by atoms with van der Waals surface area (Å²) < 4.78 is 0. The van der Waals surface area contributed by atoms with Crippen molar-refractivity contribution in [1.82, 2.24) is 0 Å². The lowest BCUT2D eigenvalue weighted by Crippen LogP contribution is -2.27. The maximum absolute atomic E-state index is 2.50. The number of hydrogen-bond acceptors (Lipinski definition) is 1.